The summed E-state index contributed by atoms with van der Waals surface area (Å²) in [6.07, 6.45) is 8.89. The van der Waals surface area contributed by atoms with E-state index in [0.717, 1.165) is 25.1 Å². The van der Waals surface area contributed by atoms with Crippen LogP contribution in [0.2, 0.25) is 0 Å². The van der Waals surface area contributed by atoms with Crippen LogP contribution in [0.5, 0.6) is 0 Å². The molecule has 0 aromatic carbocycles. The summed E-state index contributed by atoms with van der Waals surface area (Å²) >= 11 is 0. The first-order chi connectivity index (χ1) is 9.23. The number of nitrogens with zero attached hydrogens (tertiary/aromatic N) is 1. The van der Waals surface area contributed by atoms with Gasteiger partial charge in [0.15, 0.2) is 0 Å². The van der Waals surface area contributed by atoms with E-state index >= 15 is 0 Å². The Labute approximate surface area is 116 Å². The van der Waals surface area contributed by atoms with Crippen molar-refractivity contribution in [1.29, 1.82) is 0 Å². The quantitative estimate of drug-likeness (QED) is 0.820. The monoisotopic (exact) mass is 262 g/mol. The third-order valence-corrected chi connectivity index (χ3v) is 4.20. The minimum atomic E-state index is 0.122. The Bertz CT molecular complexity index is 360. The molecule has 2 rings (SSSR count). The highest BCUT2D eigenvalue weighted by atomic mass is 16.5. The number of hydrogen-bond donors (Lipinski definition) is 1. The van der Waals surface area contributed by atoms with Crippen LogP contribution in [0.15, 0.2) is 24.4 Å². The van der Waals surface area contributed by atoms with Gasteiger partial charge in [-0.15, -0.1) is 0 Å². The fourth-order valence-electron chi connectivity index (χ4n) is 2.97. The second-order valence-electron chi connectivity index (χ2n) is 5.82. The lowest BCUT2D eigenvalue weighted by Crippen LogP contribution is -2.25. The van der Waals surface area contributed by atoms with Gasteiger partial charge in [0.1, 0.15) is 0 Å². The zero-order valence-electron chi connectivity index (χ0n) is 12.0. The van der Waals surface area contributed by atoms with E-state index < -0.39 is 0 Å². The van der Waals surface area contributed by atoms with E-state index in [0.29, 0.717) is 12.5 Å². The van der Waals surface area contributed by atoms with Gasteiger partial charge in [-0.25, -0.2) is 0 Å². The standard InChI is InChI=1S/C16H26N2O/c1-16(9-3-4-10-16)19-13-8-14(7-11-17)15-6-2-5-12-18-15/h2,5-6,12,14H,3-4,7-11,13,17H2,1H3/t14-/m1/s1. The molecule has 0 spiro atoms. The van der Waals surface area contributed by atoms with Crippen LogP contribution in [0.4, 0.5) is 0 Å². The Morgan fingerprint density at radius 1 is 1.32 bits per heavy atom. The van der Waals surface area contributed by atoms with Crippen molar-refractivity contribution in [3.8, 4) is 0 Å². The van der Waals surface area contributed by atoms with E-state index in [-0.39, 0.29) is 5.60 Å². The van der Waals surface area contributed by atoms with Gasteiger partial charge in [0.05, 0.1) is 5.60 Å². The minimum absolute atomic E-state index is 0.122. The largest absolute Gasteiger partial charge is 0.375 e. The highest BCUT2D eigenvalue weighted by Gasteiger charge is 2.29. The molecule has 1 fully saturated rings. The Hall–Kier alpha value is -0.930. The molecule has 3 nitrogen and oxygen atoms in total. The molecule has 3 heteroatoms. The van der Waals surface area contributed by atoms with Gasteiger partial charge < -0.3 is 10.5 Å². The summed E-state index contributed by atoms with van der Waals surface area (Å²) < 4.78 is 6.12. The molecule has 1 heterocycles. The summed E-state index contributed by atoms with van der Waals surface area (Å²) in [6, 6.07) is 6.10. The van der Waals surface area contributed by atoms with Crippen molar-refractivity contribution < 1.29 is 4.74 Å². The van der Waals surface area contributed by atoms with E-state index in [1.165, 1.54) is 25.7 Å². The summed E-state index contributed by atoms with van der Waals surface area (Å²) in [6.45, 7) is 3.77. The van der Waals surface area contributed by atoms with Crippen LogP contribution in [-0.2, 0) is 4.74 Å². The van der Waals surface area contributed by atoms with Gasteiger partial charge >= 0.3 is 0 Å². The van der Waals surface area contributed by atoms with E-state index in [1.54, 1.807) is 0 Å². The fraction of sp³-hybridized carbons (Fsp3) is 0.688. The molecule has 1 aliphatic rings. The van der Waals surface area contributed by atoms with E-state index in [9.17, 15) is 0 Å². The third-order valence-electron chi connectivity index (χ3n) is 4.20. The molecule has 2 N–H and O–H groups in total. The fourth-order valence-corrected chi connectivity index (χ4v) is 2.97. The van der Waals surface area contributed by atoms with E-state index in [1.807, 2.05) is 18.3 Å². The lowest BCUT2D eigenvalue weighted by molar-refractivity contribution is -0.0293. The zero-order chi connectivity index (χ0) is 13.6. The predicted octanol–water partition coefficient (Wildman–Crippen LogP) is 3.25. The van der Waals surface area contributed by atoms with Crippen molar-refractivity contribution in [2.75, 3.05) is 13.2 Å². The van der Waals surface area contributed by atoms with Crippen molar-refractivity contribution in [3.05, 3.63) is 30.1 Å². The van der Waals surface area contributed by atoms with Gasteiger partial charge in [0, 0.05) is 24.4 Å². The second kappa shape index (κ2) is 7.01. The number of hydrogen-bond acceptors (Lipinski definition) is 3. The van der Waals surface area contributed by atoms with Crippen LogP contribution in [0.25, 0.3) is 0 Å². The predicted molar refractivity (Wildman–Crippen MR) is 78.1 cm³/mol. The van der Waals surface area contributed by atoms with Crippen LogP contribution < -0.4 is 5.73 Å². The number of pyridine rings is 1. The number of nitrogens with two attached hydrogens (primary N) is 1. The van der Waals surface area contributed by atoms with Crippen molar-refractivity contribution in [1.82, 2.24) is 4.98 Å². The number of aromatic nitrogens is 1. The Morgan fingerprint density at radius 2 is 2.11 bits per heavy atom. The van der Waals surface area contributed by atoms with E-state index in [4.69, 9.17) is 10.5 Å². The lowest BCUT2D eigenvalue weighted by atomic mass is 9.97. The zero-order valence-corrected chi connectivity index (χ0v) is 12.0. The molecule has 1 aromatic heterocycles. The maximum atomic E-state index is 6.12. The van der Waals surface area contributed by atoms with Gasteiger partial charge in [0.25, 0.3) is 0 Å². The molecule has 0 unspecified atom stereocenters. The molecule has 0 amide bonds. The van der Waals surface area contributed by atoms with Crippen LogP contribution in [0.1, 0.15) is 57.1 Å². The van der Waals surface area contributed by atoms with Crippen molar-refractivity contribution >= 4 is 0 Å². The Morgan fingerprint density at radius 3 is 2.74 bits per heavy atom. The van der Waals surface area contributed by atoms with Crippen LogP contribution in [0.3, 0.4) is 0 Å². The summed E-state index contributed by atoms with van der Waals surface area (Å²) in [5.74, 6) is 0.427. The lowest BCUT2D eigenvalue weighted by Gasteiger charge is -2.25. The molecule has 0 aliphatic heterocycles. The molecule has 0 radical (unpaired) electrons. The van der Waals surface area contributed by atoms with Crippen LogP contribution >= 0.6 is 0 Å². The second-order valence-corrected chi connectivity index (χ2v) is 5.82. The minimum Gasteiger partial charge on any atom is -0.375 e. The smallest absolute Gasteiger partial charge is 0.0654 e. The van der Waals surface area contributed by atoms with Gasteiger partial charge in [-0.2, -0.15) is 0 Å². The highest BCUT2D eigenvalue weighted by Crippen LogP contribution is 2.33. The Kier molecular flexibility index (Phi) is 5.34. The average molecular weight is 262 g/mol. The van der Waals surface area contributed by atoms with Crippen LogP contribution in [-0.4, -0.2) is 23.7 Å². The maximum absolute atomic E-state index is 6.12. The molecule has 1 aromatic rings. The average Bonchev–Trinajstić information content (AvgIpc) is 2.86. The van der Waals surface area contributed by atoms with Crippen molar-refractivity contribution in [2.45, 2.75) is 57.0 Å². The van der Waals surface area contributed by atoms with Crippen molar-refractivity contribution in [2.24, 2.45) is 5.73 Å². The van der Waals surface area contributed by atoms with Gasteiger partial charge in [-0.3, -0.25) is 4.98 Å². The summed E-state index contributed by atoms with van der Waals surface area (Å²) in [5, 5.41) is 0. The SMILES string of the molecule is CC1(OCC[C@@H](CCN)c2ccccn2)CCCC1. The maximum Gasteiger partial charge on any atom is 0.0654 e. The Balaban J connectivity index is 1.84. The molecule has 1 atom stereocenters. The number of ether oxygens (including phenoxy) is 1. The molecular weight excluding hydrogens is 236 g/mol. The number of rotatable bonds is 7. The van der Waals surface area contributed by atoms with Crippen LogP contribution in [0, 0.1) is 0 Å². The molecule has 1 saturated carbocycles. The molecule has 0 saturated heterocycles. The first-order valence-corrected chi connectivity index (χ1v) is 7.48. The third kappa shape index (κ3) is 4.29. The summed E-state index contributed by atoms with van der Waals surface area (Å²) in [4.78, 5) is 4.45. The first kappa shape index (κ1) is 14.5. The molecule has 106 valence electrons. The first-order valence-electron chi connectivity index (χ1n) is 7.48. The highest BCUT2D eigenvalue weighted by molar-refractivity contribution is 5.09. The molecule has 1 aliphatic carbocycles. The molecule has 0 bridgehead atoms. The van der Waals surface area contributed by atoms with Crippen molar-refractivity contribution in [3.63, 3.8) is 0 Å². The summed E-state index contributed by atoms with van der Waals surface area (Å²) in [7, 11) is 0. The van der Waals surface area contributed by atoms with E-state index in [2.05, 4.69) is 18.0 Å². The normalized spacial score (nSPS) is 19.5. The topological polar surface area (TPSA) is 48.1 Å². The van der Waals surface area contributed by atoms with Gasteiger partial charge in [-0.1, -0.05) is 18.9 Å². The summed E-state index contributed by atoms with van der Waals surface area (Å²) in [5.41, 5.74) is 6.99. The molecular formula is C16H26N2O. The van der Waals surface area contributed by atoms with Gasteiger partial charge in [-0.05, 0) is 51.3 Å². The molecule has 19 heavy (non-hydrogen) atoms. The van der Waals surface area contributed by atoms with Gasteiger partial charge in [0.2, 0.25) is 0 Å².